The number of nitriles is 1. The molecule has 0 saturated carbocycles. The van der Waals surface area contributed by atoms with Crippen LogP contribution in [-0.2, 0) is 6.54 Å². The van der Waals surface area contributed by atoms with Crippen molar-refractivity contribution in [2.24, 2.45) is 0 Å². The van der Waals surface area contributed by atoms with Gasteiger partial charge < -0.3 is 9.88 Å². The summed E-state index contributed by atoms with van der Waals surface area (Å²) in [6.07, 6.45) is 0. The van der Waals surface area contributed by atoms with Gasteiger partial charge in [-0.05, 0) is 31.2 Å². The van der Waals surface area contributed by atoms with E-state index in [0.717, 1.165) is 0 Å². The maximum absolute atomic E-state index is 12.1. The second-order valence-corrected chi connectivity index (χ2v) is 5.04. The second-order valence-electron chi connectivity index (χ2n) is 5.04. The third-order valence-corrected chi connectivity index (χ3v) is 3.56. The Morgan fingerprint density at radius 2 is 2.00 bits per heavy atom. The number of aromatic nitrogens is 3. The summed E-state index contributed by atoms with van der Waals surface area (Å²) in [5, 5.41) is 9.54. The topological polar surface area (TPSA) is 85.7 Å². The molecule has 0 aliphatic rings. The van der Waals surface area contributed by atoms with Gasteiger partial charge in [-0.3, -0.25) is 4.79 Å². The average molecular weight is 305 g/mol. The molecule has 23 heavy (non-hydrogen) atoms. The van der Waals surface area contributed by atoms with E-state index in [-0.39, 0.29) is 5.56 Å². The van der Waals surface area contributed by atoms with Gasteiger partial charge in [-0.2, -0.15) is 5.26 Å². The van der Waals surface area contributed by atoms with E-state index < -0.39 is 0 Å². The highest BCUT2D eigenvalue weighted by molar-refractivity contribution is 5.77. The van der Waals surface area contributed by atoms with Crippen LogP contribution in [0.4, 0.5) is 5.82 Å². The van der Waals surface area contributed by atoms with E-state index in [2.05, 4.69) is 15.0 Å². The number of H-pyrrole nitrogens is 1. The van der Waals surface area contributed by atoms with Gasteiger partial charge in [-0.1, -0.05) is 18.2 Å². The standard InChI is InChI=1S/C17H15N5O/c1-2-22(16-9-5-6-12(10-18)19-16)11-15-20-14-8-4-3-7-13(14)17(23)21-15/h3-9H,2,11H2,1H3,(H,20,21,23). The van der Waals surface area contributed by atoms with E-state index >= 15 is 0 Å². The molecule has 1 aromatic carbocycles. The SMILES string of the molecule is CCN(Cc1nc2ccccc2c(=O)[nH]1)c1cccc(C#N)n1. The van der Waals surface area contributed by atoms with E-state index in [1.165, 1.54) is 0 Å². The summed E-state index contributed by atoms with van der Waals surface area (Å²) in [4.78, 5) is 25.7. The summed E-state index contributed by atoms with van der Waals surface area (Å²) < 4.78 is 0. The molecular weight excluding hydrogens is 290 g/mol. The molecule has 0 fully saturated rings. The largest absolute Gasteiger partial charge is 0.349 e. The molecule has 114 valence electrons. The molecule has 6 nitrogen and oxygen atoms in total. The predicted molar refractivity (Wildman–Crippen MR) is 88.0 cm³/mol. The van der Waals surface area contributed by atoms with Gasteiger partial charge in [0.25, 0.3) is 5.56 Å². The van der Waals surface area contributed by atoms with Crippen molar-refractivity contribution in [3.63, 3.8) is 0 Å². The van der Waals surface area contributed by atoms with Crippen LogP contribution in [0.5, 0.6) is 0 Å². The van der Waals surface area contributed by atoms with Gasteiger partial charge in [-0.15, -0.1) is 0 Å². The zero-order valence-corrected chi connectivity index (χ0v) is 12.7. The van der Waals surface area contributed by atoms with Crippen molar-refractivity contribution in [3.05, 3.63) is 64.3 Å². The van der Waals surface area contributed by atoms with Crippen LogP contribution >= 0.6 is 0 Å². The normalized spacial score (nSPS) is 10.4. The summed E-state index contributed by atoms with van der Waals surface area (Å²) in [6, 6.07) is 14.6. The summed E-state index contributed by atoms with van der Waals surface area (Å²) in [5.74, 6) is 1.25. The number of para-hydroxylation sites is 1. The zero-order valence-electron chi connectivity index (χ0n) is 12.7. The number of nitrogens with zero attached hydrogens (tertiary/aromatic N) is 4. The minimum Gasteiger partial charge on any atom is -0.349 e. The van der Waals surface area contributed by atoms with Gasteiger partial charge in [-0.25, -0.2) is 9.97 Å². The Bertz CT molecular complexity index is 941. The van der Waals surface area contributed by atoms with E-state index in [9.17, 15) is 4.79 Å². The zero-order chi connectivity index (χ0) is 16.2. The summed E-state index contributed by atoms with van der Waals surface area (Å²) >= 11 is 0. The molecule has 0 radical (unpaired) electrons. The highest BCUT2D eigenvalue weighted by Crippen LogP contribution is 2.14. The summed E-state index contributed by atoms with van der Waals surface area (Å²) in [6.45, 7) is 3.08. The number of fused-ring (bicyclic) bond motifs is 1. The quantitative estimate of drug-likeness (QED) is 0.798. The number of pyridine rings is 1. The van der Waals surface area contributed by atoms with Crippen molar-refractivity contribution in [3.8, 4) is 6.07 Å². The monoisotopic (exact) mass is 305 g/mol. The molecule has 0 aliphatic carbocycles. The van der Waals surface area contributed by atoms with Crippen LogP contribution in [0, 0.1) is 11.3 Å². The first-order chi connectivity index (χ1) is 11.2. The smallest absolute Gasteiger partial charge is 0.258 e. The van der Waals surface area contributed by atoms with Crippen LogP contribution in [0.3, 0.4) is 0 Å². The Labute approximate surface area is 133 Å². The minimum atomic E-state index is -0.152. The first-order valence-electron chi connectivity index (χ1n) is 7.31. The van der Waals surface area contributed by atoms with Crippen LogP contribution < -0.4 is 10.5 Å². The predicted octanol–water partition coefficient (Wildman–Crippen LogP) is 2.22. The Balaban J connectivity index is 1.96. The van der Waals surface area contributed by atoms with Gasteiger partial charge in [0.05, 0.1) is 17.4 Å². The molecule has 2 aromatic heterocycles. The summed E-state index contributed by atoms with van der Waals surface area (Å²) in [5.41, 5.74) is 0.877. The molecule has 0 atom stereocenters. The van der Waals surface area contributed by atoms with E-state index in [4.69, 9.17) is 5.26 Å². The molecule has 3 rings (SSSR count). The number of anilines is 1. The van der Waals surface area contributed by atoms with Gasteiger partial charge in [0, 0.05) is 6.54 Å². The van der Waals surface area contributed by atoms with Crippen LogP contribution in [0.1, 0.15) is 18.4 Å². The molecule has 0 unspecified atom stereocenters. The lowest BCUT2D eigenvalue weighted by atomic mass is 10.2. The first kappa shape index (κ1) is 14.7. The van der Waals surface area contributed by atoms with Crippen molar-refractivity contribution in [2.75, 3.05) is 11.4 Å². The number of hydrogen-bond acceptors (Lipinski definition) is 5. The van der Waals surface area contributed by atoms with Crippen molar-refractivity contribution >= 4 is 16.7 Å². The van der Waals surface area contributed by atoms with Crippen molar-refractivity contribution in [1.29, 1.82) is 5.26 Å². The van der Waals surface area contributed by atoms with Gasteiger partial charge in [0.1, 0.15) is 23.4 Å². The Hall–Kier alpha value is -3.20. The van der Waals surface area contributed by atoms with Crippen LogP contribution in [0.15, 0.2) is 47.3 Å². The number of nitrogens with one attached hydrogen (secondary N) is 1. The lowest BCUT2D eigenvalue weighted by Crippen LogP contribution is -2.26. The molecule has 6 heteroatoms. The molecule has 2 heterocycles. The number of aromatic amines is 1. The molecule has 0 amide bonds. The molecule has 1 N–H and O–H groups in total. The number of hydrogen-bond donors (Lipinski definition) is 1. The average Bonchev–Trinajstić information content (AvgIpc) is 2.60. The maximum Gasteiger partial charge on any atom is 0.258 e. The molecule has 0 bridgehead atoms. The number of benzene rings is 1. The molecule has 0 aliphatic heterocycles. The molecule has 3 aromatic rings. The summed E-state index contributed by atoms with van der Waals surface area (Å²) in [7, 11) is 0. The Morgan fingerprint density at radius 1 is 1.17 bits per heavy atom. The highest BCUT2D eigenvalue weighted by Gasteiger charge is 2.10. The first-order valence-corrected chi connectivity index (χ1v) is 7.31. The van der Waals surface area contributed by atoms with Crippen LogP contribution in [0.2, 0.25) is 0 Å². The lowest BCUT2D eigenvalue weighted by Gasteiger charge is -2.21. The maximum atomic E-state index is 12.1. The highest BCUT2D eigenvalue weighted by atomic mass is 16.1. The van der Waals surface area contributed by atoms with Crippen molar-refractivity contribution in [2.45, 2.75) is 13.5 Å². The molecule has 0 saturated heterocycles. The number of rotatable bonds is 4. The van der Waals surface area contributed by atoms with Gasteiger partial charge in [0.15, 0.2) is 0 Å². The van der Waals surface area contributed by atoms with E-state index in [1.54, 1.807) is 18.2 Å². The minimum absolute atomic E-state index is 0.152. The fourth-order valence-electron chi connectivity index (χ4n) is 2.41. The van der Waals surface area contributed by atoms with Crippen molar-refractivity contribution < 1.29 is 0 Å². The Kier molecular flexibility index (Phi) is 4.02. The fraction of sp³-hybridized carbons (Fsp3) is 0.176. The van der Waals surface area contributed by atoms with E-state index in [1.807, 2.05) is 42.2 Å². The Morgan fingerprint density at radius 3 is 2.78 bits per heavy atom. The van der Waals surface area contributed by atoms with E-state index in [0.29, 0.717) is 41.3 Å². The van der Waals surface area contributed by atoms with Gasteiger partial charge >= 0.3 is 0 Å². The third-order valence-electron chi connectivity index (χ3n) is 3.56. The second kappa shape index (κ2) is 6.28. The third kappa shape index (κ3) is 3.04. The van der Waals surface area contributed by atoms with Gasteiger partial charge in [0.2, 0.25) is 0 Å². The fourth-order valence-corrected chi connectivity index (χ4v) is 2.41. The molecular formula is C17H15N5O. The lowest BCUT2D eigenvalue weighted by molar-refractivity contribution is 0.768. The van der Waals surface area contributed by atoms with Crippen LogP contribution in [-0.4, -0.2) is 21.5 Å². The molecule has 0 spiro atoms. The van der Waals surface area contributed by atoms with Crippen LogP contribution in [0.25, 0.3) is 10.9 Å². The van der Waals surface area contributed by atoms with Crippen molar-refractivity contribution in [1.82, 2.24) is 15.0 Å².